The molecular weight excluding hydrogens is 249 g/mol. The number of nitrogens with zero attached hydrogens (tertiary/aromatic N) is 1. The molecule has 2 aromatic heterocycles. The van der Waals surface area contributed by atoms with E-state index in [9.17, 15) is 5.11 Å². The third-order valence-electron chi connectivity index (χ3n) is 2.27. The maximum Gasteiger partial charge on any atom is 0.198 e. The number of aliphatic hydroxyl groups excluding tert-OH is 1. The molecule has 0 radical (unpaired) electrons. The highest BCUT2D eigenvalue weighted by atomic mass is 35.5. The van der Waals surface area contributed by atoms with Crippen LogP contribution in [0, 0.1) is 0 Å². The van der Waals surface area contributed by atoms with Gasteiger partial charge in [-0.1, -0.05) is 11.6 Å². The molecule has 5 heteroatoms. The minimum absolute atomic E-state index is 0.206. The number of aromatic nitrogens is 1. The Hall–Kier alpha value is -1.03. The van der Waals surface area contributed by atoms with Gasteiger partial charge in [0.15, 0.2) is 5.22 Å². The van der Waals surface area contributed by atoms with Crippen LogP contribution in [0.25, 0.3) is 0 Å². The molecule has 0 aliphatic rings. The van der Waals surface area contributed by atoms with E-state index >= 15 is 0 Å². The number of halogens is 2. The Bertz CT molecular complexity index is 484. The van der Waals surface area contributed by atoms with Gasteiger partial charge in [0.25, 0.3) is 0 Å². The van der Waals surface area contributed by atoms with E-state index in [1.807, 2.05) is 0 Å². The molecule has 0 saturated heterocycles. The van der Waals surface area contributed by atoms with Crippen LogP contribution in [0.15, 0.2) is 35.2 Å². The summed E-state index contributed by atoms with van der Waals surface area (Å²) in [6.07, 6.45) is 4.26. The van der Waals surface area contributed by atoms with Crippen molar-refractivity contribution in [1.82, 2.24) is 4.98 Å². The average Bonchev–Trinajstić information content (AvgIpc) is 2.68. The highest BCUT2D eigenvalue weighted by Gasteiger charge is 2.15. The largest absolute Gasteiger partial charge is 0.453 e. The van der Waals surface area contributed by atoms with Gasteiger partial charge in [-0.25, -0.2) is 0 Å². The summed E-state index contributed by atoms with van der Waals surface area (Å²) >= 11 is 11.7. The van der Waals surface area contributed by atoms with Crippen LogP contribution in [-0.2, 0) is 6.42 Å². The molecule has 0 aliphatic heterocycles. The van der Waals surface area contributed by atoms with Crippen molar-refractivity contribution in [3.63, 3.8) is 0 Å². The number of hydrogen-bond acceptors (Lipinski definition) is 3. The molecule has 0 bridgehead atoms. The van der Waals surface area contributed by atoms with E-state index in [4.69, 9.17) is 27.6 Å². The molecule has 3 nitrogen and oxygen atoms in total. The zero-order chi connectivity index (χ0) is 11.5. The second-order valence-corrected chi connectivity index (χ2v) is 4.09. The Morgan fingerprint density at radius 3 is 2.81 bits per heavy atom. The van der Waals surface area contributed by atoms with Crippen molar-refractivity contribution >= 4 is 23.2 Å². The van der Waals surface area contributed by atoms with Crippen LogP contribution in [-0.4, -0.2) is 10.1 Å². The summed E-state index contributed by atoms with van der Waals surface area (Å²) in [7, 11) is 0. The lowest BCUT2D eigenvalue weighted by atomic mass is 10.1. The van der Waals surface area contributed by atoms with E-state index in [1.165, 1.54) is 6.26 Å². The lowest BCUT2D eigenvalue weighted by Gasteiger charge is -2.09. The highest BCUT2D eigenvalue weighted by Crippen LogP contribution is 2.28. The smallest absolute Gasteiger partial charge is 0.198 e. The van der Waals surface area contributed by atoms with Crippen LogP contribution < -0.4 is 0 Å². The van der Waals surface area contributed by atoms with E-state index in [0.717, 1.165) is 5.56 Å². The van der Waals surface area contributed by atoms with Crippen molar-refractivity contribution in [3.05, 3.63) is 52.2 Å². The molecule has 84 valence electrons. The van der Waals surface area contributed by atoms with Crippen molar-refractivity contribution in [1.29, 1.82) is 0 Å². The summed E-state index contributed by atoms with van der Waals surface area (Å²) in [5, 5.41) is 10.7. The first-order valence-corrected chi connectivity index (χ1v) is 5.43. The molecule has 0 aromatic carbocycles. The van der Waals surface area contributed by atoms with E-state index in [0.29, 0.717) is 17.0 Å². The van der Waals surface area contributed by atoms with Crippen LogP contribution >= 0.6 is 23.2 Å². The summed E-state index contributed by atoms with van der Waals surface area (Å²) in [5.41, 5.74) is 1.39. The van der Waals surface area contributed by atoms with Gasteiger partial charge in [-0.05, 0) is 29.3 Å². The van der Waals surface area contributed by atoms with Gasteiger partial charge >= 0.3 is 0 Å². The van der Waals surface area contributed by atoms with Crippen molar-refractivity contribution < 1.29 is 9.52 Å². The van der Waals surface area contributed by atoms with Crippen molar-refractivity contribution in [2.45, 2.75) is 12.5 Å². The van der Waals surface area contributed by atoms with Crippen molar-refractivity contribution in [2.24, 2.45) is 0 Å². The fourth-order valence-corrected chi connectivity index (χ4v) is 1.87. The van der Waals surface area contributed by atoms with Crippen LogP contribution in [0.1, 0.15) is 17.2 Å². The zero-order valence-corrected chi connectivity index (χ0v) is 9.74. The van der Waals surface area contributed by atoms with Gasteiger partial charge in [0.1, 0.15) is 0 Å². The van der Waals surface area contributed by atoms with Crippen molar-refractivity contribution in [3.8, 4) is 0 Å². The Balaban J connectivity index is 2.17. The van der Waals surface area contributed by atoms with Crippen molar-refractivity contribution in [2.75, 3.05) is 0 Å². The van der Waals surface area contributed by atoms with Gasteiger partial charge < -0.3 is 9.52 Å². The van der Waals surface area contributed by atoms with E-state index in [2.05, 4.69) is 4.98 Å². The first-order chi connectivity index (χ1) is 7.68. The van der Waals surface area contributed by atoms with E-state index in [-0.39, 0.29) is 5.22 Å². The first kappa shape index (κ1) is 11.5. The topological polar surface area (TPSA) is 46.3 Å². The van der Waals surface area contributed by atoms with Crippen LogP contribution in [0.5, 0.6) is 0 Å². The SMILES string of the molecule is OC(Cc1ccncc1Cl)c1ccoc1Cl. The first-order valence-electron chi connectivity index (χ1n) is 4.68. The second-order valence-electron chi connectivity index (χ2n) is 3.34. The van der Waals surface area contributed by atoms with Gasteiger partial charge in [0, 0.05) is 24.4 Å². The molecular formula is C11H9Cl2NO2. The Morgan fingerprint density at radius 2 is 2.19 bits per heavy atom. The molecule has 0 spiro atoms. The summed E-state index contributed by atoms with van der Waals surface area (Å²) < 4.78 is 4.91. The minimum Gasteiger partial charge on any atom is -0.453 e. The maximum atomic E-state index is 9.94. The maximum absolute atomic E-state index is 9.94. The van der Waals surface area contributed by atoms with Gasteiger partial charge in [0.2, 0.25) is 0 Å². The third kappa shape index (κ3) is 2.38. The molecule has 1 N–H and O–H groups in total. The molecule has 0 saturated carbocycles. The van der Waals surface area contributed by atoms with Gasteiger partial charge in [-0.2, -0.15) is 0 Å². The van der Waals surface area contributed by atoms with Crippen LogP contribution in [0.4, 0.5) is 0 Å². The second kappa shape index (κ2) is 4.87. The number of rotatable bonds is 3. The fraction of sp³-hybridized carbons (Fsp3) is 0.182. The Kier molecular flexibility index (Phi) is 3.49. The molecule has 0 aliphatic carbocycles. The lowest BCUT2D eigenvalue weighted by molar-refractivity contribution is 0.177. The molecule has 2 rings (SSSR count). The highest BCUT2D eigenvalue weighted by molar-refractivity contribution is 6.31. The summed E-state index contributed by atoms with van der Waals surface area (Å²) in [5.74, 6) is 0. The standard InChI is InChI=1S/C11H9Cl2NO2/c12-9-6-14-3-1-7(9)5-10(15)8-2-4-16-11(8)13/h1-4,6,10,15H,5H2. The minimum atomic E-state index is -0.730. The lowest BCUT2D eigenvalue weighted by Crippen LogP contribution is -2.01. The number of aliphatic hydroxyl groups is 1. The molecule has 0 amide bonds. The van der Waals surface area contributed by atoms with E-state index in [1.54, 1.807) is 24.5 Å². The monoisotopic (exact) mass is 257 g/mol. The van der Waals surface area contributed by atoms with Crippen LogP contribution in [0.2, 0.25) is 10.2 Å². The van der Waals surface area contributed by atoms with E-state index < -0.39 is 6.10 Å². The van der Waals surface area contributed by atoms with Gasteiger partial charge in [-0.15, -0.1) is 0 Å². The quantitative estimate of drug-likeness (QED) is 0.919. The Labute approximate surface area is 103 Å². The molecule has 2 aromatic rings. The number of pyridine rings is 1. The van der Waals surface area contributed by atoms with Crippen LogP contribution in [0.3, 0.4) is 0 Å². The number of hydrogen-bond donors (Lipinski definition) is 1. The summed E-state index contributed by atoms with van der Waals surface area (Å²) in [4.78, 5) is 3.87. The summed E-state index contributed by atoms with van der Waals surface area (Å²) in [6, 6.07) is 3.40. The van der Waals surface area contributed by atoms with Gasteiger partial charge in [0.05, 0.1) is 17.4 Å². The zero-order valence-electron chi connectivity index (χ0n) is 8.23. The molecule has 2 heterocycles. The molecule has 1 unspecified atom stereocenters. The fourth-order valence-electron chi connectivity index (χ4n) is 1.43. The molecule has 0 fully saturated rings. The average molecular weight is 258 g/mol. The predicted molar refractivity (Wildman–Crippen MR) is 61.6 cm³/mol. The predicted octanol–water partition coefficient (Wildman–Crippen LogP) is 3.26. The number of furan rings is 1. The Morgan fingerprint density at radius 1 is 1.38 bits per heavy atom. The summed E-state index contributed by atoms with van der Waals surface area (Å²) in [6.45, 7) is 0. The molecule has 16 heavy (non-hydrogen) atoms. The third-order valence-corrected chi connectivity index (χ3v) is 2.92. The van der Waals surface area contributed by atoms with Gasteiger partial charge in [-0.3, -0.25) is 4.98 Å². The normalized spacial score (nSPS) is 12.7. The molecule has 1 atom stereocenters.